The van der Waals surface area contributed by atoms with Gasteiger partial charge in [0.05, 0.1) is 16.3 Å². The number of carbonyl (C=O) groups is 2. The molecule has 3 aliphatic rings. The molecule has 1 N–H and O–H groups in total. The first-order valence-electron chi connectivity index (χ1n) is 11.3. The van der Waals surface area contributed by atoms with Crippen LogP contribution in [0.15, 0.2) is 18.2 Å². The van der Waals surface area contributed by atoms with Gasteiger partial charge in [-0.1, -0.05) is 11.3 Å². The molecule has 0 bridgehead atoms. The van der Waals surface area contributed by atoms with Gasteiger partial charge in [0.2, 0.25) is 5.91 Å². The van der Waals surface area contributed by atoms with Gasteiger partial charge in [-0.25, -0.2) is 4.98 Å². The molecule has 6 nitrogen and oxygen atoms in total. The number of thiazole rings is 1. The molecule has 30 heavy (non-hydrogen) atoms. The number of fused-ring (bicyclic) bond motifs is 1. The minimum absolute atomic E-state index is 0.00236. The van der Waals surface area contributed by atoms with Crippen LogP contribution >= 0.6 is 11.3 Å². The molecule has 7 heteroatoms. The lowest BCUT2D eigenvalue weighted by Gasteiger charge is -2.26. The molecule has 2 saturated carbocycles. The van der Waals surface area contributed by atoms with Crippen LogP contribution in [0.5, 0.6) is 0 Å². The lowest BCUT2D eigenvalue weighted by atomic mass is 10.1. The fourth-order valence-electron chi connectivity index (χ4n) is 4.48. The Morgan fingerprint density at radius 2 is 1.97 bits per heavy atom. The van der Waals surface area contributed by atoms with Crippen LogP contribution in [-0.4, -0.2) is 47.5 Å². The van der Waals surface area contributed by atoms with Crippen LogP contribution < -0.4 is 5.32 Å². The van der Waals surface area contributed by atoms with Gasteiger partial charge in [-0.15, -0.1) is 0 Å². The second-order valence-electron chi connectivity index (χ2n) is 8.95. The number of nitrogens with one attached hydrogen (secondary N) is 1. The third-order valence-corrected chi connectivity index (χ3v) is 7.46. The molecule has 1 aromatic heterocycles. The van der Waals surface area contributed by atoms with Gasteiger partial charge >= 0.3 is 0 Å². The molecular formula is C23H29N3O3S. The Morgan fingerprint density at radius 1 is 1.13 bits per heavy atom. The van der Waals surface area contributed by atoms with E-state index in [2.05, 4.69) is 10.3 Å². The number of rotatable bonds is 6. The van der Waals surface area contributed by atoms with Crippen LogP contribution in [0.2, 0.25) is 0 Å². The van der Waals surface area contributed by atoms with E-state index in [1.807, 2.05) is 23.1 Å². The zero-order chi connectivity index (χ0) is 20.5. The van der Waals surface area contributed by atoms with Crippen LogP contribution in [0.25, 0.3) is 10.2 Å². The summed E-state index contributed by atoms with van der Waals surface area (Å²) in [6.07, 6.45) is 8.82. The molecule has 2 aromatic rings. The Hall–Kier alpha value is -1.99. The summed E-state index contributed by atoms with van der Waals surface area (Å²) in [5, 5.41) is 3.61. The SMILES string of the molecule is O=C(Nc1nc2ccc(C(=O)N3CCCCC3)cc2s1)C1CCC(OCC2CC2)C1. The van der Waals surface area contributed by atoms with Gasteiger partial charge in [0.25, 0.3) is 5.91 Å². The monoisotopic (exact) mass is 427 g/mol. The van der Waals surface area contributed by atoms with Crippen molar-refractivity contribution in [2.24, 2.45) is 11.8 Å². The third-order valence-electron chi connectivity index (χ3n) is 6.53. The summed E-state index contributed by atoms with van der Waals surface area (Å²) < 4.78 is 6.90. The maximum Gasteiger partial charge on any atom is 0.253 e. The predicted octanol–water partition coefficient (Wildman–Crippen LogP) is 4.46. The first-order chi connectivity index (χ1) is 14.7. The standard InChI is InChI=1S/C23H29N3O3S/c27-21(16-6-8-18(12-16)29-14-15-4-5-15)25-23-24-19-9-7-17(13-20(19)30-23)22(28)26-10-2-1-3-11-26/h7,9,13,15-16,18H,1-6,8,10-12,14H2,(H,24,25,27). The van der Waals surface area contributed by atoms with Gasteiger partial charge in [0, 0.05) is 31.2 Å². The normalized spacial score (nSPS) is 24.3. The molecule has 2 unspecified atom stereocenters. The first-order valence-corrected chi connectivity index (χ1v) is 12.1. The van der Waals surface area contributed by atoms with E-state index in [-0.39, 0.29) is 23.8 Å². The summed E-state index contributed by atoms with van der Waals surface area (Å²) in [5.41, 5.74) is 1.53. The second-order valence-corrected chi connectivity index (χ2v) is 9.98. The summed E-state index contributed by atoms with van der Waals surface area (Å²) >= 11 is 1.44. The van der Waals surface area contributed by atoms with Gasteiger partial charge in [-0.3, -0.25) is 9.59 Å². The topological polar surface area (TPSA) is 71.5 Å². The van der Waals surface area contributed by atoms with Crippen molar-refractivity contribution in [3.63, 3.8) is 0 Å². The number of piperidine rings is 1. The third kappa shape index (κ3) is 4.52. The van der Waals surface area contributed by atoms with Gasteiger partial charge < -0.3 is 15.0 Å². The van der Waals surface area contributed by atoms with Crippen molar-refractivity contribution >= 4 is 38.5 Å². The van der Waals surface area contributed by atoms with E-state index in [9.17, 15) is 9.59 Å². The molecule has 3 fully saturated rings. The zero-order valence-corrected chi connectivity index (χ0v) is 18.1. The number of aromatic nitrogens is 1. The molecule has 1 aromatic carbocycles. The molecule has 2 amide bonds. The van der Waals surface area contributed by atoms with Crippen LogP contribution in [0.1, 0.15) is 61.7 Å². The average molecular weight is 428 g/mol. The first kappa shape index (κ1) is 19.9. The lowest BCUT2D eigenvalue weighted by Crippen LogP contribution is -2.35. The maximum atomic E-state index is 12.8. The fourth-order valence-corrected chi connectivity index (χ4v) is 5.39. The van der Waals surface area contributed by atoms with Crippen molar-refractivity contribution in [2.45, 2.75) is 57.5 Å². The molecule has 1 aliphatic heterocycles. The Balaban J connectivity index is 1.20. The number of hydrogen-bond donors (Lipinski definition) is 1. The molecular weight excluding hydrogens is 398 g/mol. The highest BCUT2D eigenvalue weighted by molar-refractivity contribution is 7.22. The smallest absolute Gasteiger partial charge is 0.253 e. The molecule has 0 spiro atoms. The van der Waals surface area contributed by atoms with Crippen molar-refractivity contribution in [3.05, 3.63) is 23.8 Å². The number of nitrogens with zero attached hydrogens (tertiary/aromatic N) is 2. The Bertz CT molecular complexity index is 933. The second kappa shape index (κ2) is 8.63. The molecule has 160 valence electrons. The highest BCUT2D eigenvalue weighted by Gasteiger charge is 2.32. The van der Waals surface area contributed by atoms with Crippen molar-refractivity contribution < 1.29 is 14.3 Å². The summed E-state index contributed by atoms with van der Waals surface area (Å²) in [7, 11) is 0. The van der Waals surface area contributed by atoms with Crippen molar-refractivity contribution in [2.75, 3.05) is 25.0 Å². The number of hydrogen-bond acceptors (Lipinski definition) is 5. The number of amides is 2. The summed E-state index contributed by atoms with van der Waals surface area (Å²) in [4.78, 5) is 32.0. The molecule has 2 heterocycles. The maximum absolute atomic E-state index is 12.8. The van der Waals surface area contributed by atoms with E-state index in [1.54, 1.807) is 0 Å². The predicted molar refractivity (Wildman–Crippen MR) is 118 cm³/mol. The zero-order valence-electron chi connectivity index (χ0n) is 17.3. The van der Waals surface area contributed by atoms with Crippen LogP contribution in [0.4, 0.5) is 5.13 Å². The molecule has 0 radical (unpaired) electrons. The van der Waals surface area contributed by atoms with Crippen LogP contribution in [0, 0.1) is 11.8 Å². The molecule has 1 saturated heterocycles. The number of carbonyl (C=O) groups excluding carboxylic acids is 2. The van der Waals surface area contributed by atoms with Crippen molar-refractivity contribution in [1.29, 1.82) is 0 Å². The van der Waals surface area contributed by atoms with Gasteiger partial charge in [0.15, 0.2) is 5.13 Å². The Morgan fingerprint density at radius 3 is 2.77 bits per heavy atom. The highest BCUT2D eigenvalue weighted by Crippen LogP contribution is 2.34. The fraction of sp³-hybridized carbons (Fsp3) is 0.609. The lowest BCUT2D eigenvalue weighted by molar-refractivity contribution is -0.120. The average Bonchev–Trinajstić information content (AvgIpc) is 3.32. The van der Waals surface area contributed by atoms with E-state index in [0.717, 1.165) is 67.9 Å². The number of ether oxygens (including phenoxy) is 1. The largest absolute Gasteiger partial charge is 0.378 e. The van der Waals surface area contributed by atoms with E-state index >= 15 is 0 Å². The van der Waals surface area contributed by atoms with Gasteiger partial charge in [-0.2, -0.15) is 0 Å². The minimum atomic E-state index is -0.00236. The summed E-state index contributed by atoms with van der Waals surface area (Å²) in [6, 6.07) is 5.65. The molecule has 5 rings (SSSR count). The summed E-state index contributed by atoms with van der Waals surface area (Å²) in [5.74, 6) is 0.889. The van der Waals surface area contributed by atoms with Crippen LogP contribution in [0.3, 0.4) is 0 Å². The highest BCUT2D eigenvalue weighted by atomic mass is 32.1. The van der Waals surface area contributed by atoms with Crippen LogP contribution in [-0.2, 0) is 9.53 Å². The number of benzene rings is 1. The van der Waals surface area contributed by atoms with E-state index in [4.69, 9.17) is 4.74 Å². The Labute approximate surface area is 181 Å². The number of anilines is 1. The molecule has 2 atom stereocenters. The summed E-state index contributed by atoms with van der Waals surface area (Å²) in [6.45, 7) is 2.54. The number of likely N-dealkylation sites (tertiary alicyclic amines) is 1. The van der Waals surface area contributed by atoms with Gasteiger partial charge in [0.1, 0.15) is 0 Å². The Kier molecular flexibility index (Phi) is 5.74. The molecule has 2 aliphatic carbocycles. The minimum Gasteiger partial charge on any atom is -0.378 e. The quantitative estimate of drug-likeness (QED) is 0.739. The van der Waals surface area contributed by atoms with Crippen molar-refractivity contribution in [3.8, 4) is 0 Å². The van der Waals surface area contributed by atoms with Crippen molar-refractivity contribution in [1.82, 2.24) is 9.88 Å². The van der Waals surface area contributed by atoms with E-state index < -0.39 is 0 Å². The van der Waals surface area contributed by atoms with E-state index in [1.165, 1.54) is 30.6 Å². The van der Waals surface area contributed by atoms with E-state index in [0.29, 0.717) is 10.7 Å². The van der Waals surface area contributed by atoms with Gasteiger partial charge in [-0.05, 0) is 75.5 Å².